The fraction of sp³-hybridized carbons (Fsp3) is 0.457. The highest BCUT2D eigenvalue weighted by Crippen LogP contribution is 2.34. The van der Waals surface area contributed by atoms with Crippen molar-refractivity contribution in [2.75, 3.05) is 30.8 Å². The Kier molecular flexibility index (Phi) is 13.0. The van der Waals surface area contributed by atoms with E-state index < -0.39 is 68.6 Å². The molecule has 2 aromatic heterocycles. The van der Waals surface area contributed by atoms with Crippen LogP contribution >= 0.6 is 0 Å². The minimum atomic E-state index is -3.80. The number of ether oxygens (including phenoxy) is 3. The molecule has 0 unspecified atom stereocenters. The molecule has 3 amide bonds. The zero-order valence-corrected chi connectivity index (χ0v) is 30.7. The third-order valence-corrected chi connectivity index (χ3v) is 9.07. The second-order valence-electron chi connectivity index (χ2n) is 13.5. The molecule has 3 heterocycles. The van der Waals surface area contributed by atoms with E-state index in [1.807, 2.05) is 0 Å². The number of hydrogen-bond acceptors (Lipinski definition) is 11. The lowest BCUT2D eigenvalue weighted by Gasteiger charge is -2.26. The predicted molar refractivity (Wildman–Crippen MR) is 189 cm³/mol. The quantitative estimate of drug-likeness (QED) is 0.230. The molecule has 0 saturated heterocycles. The van der Waals surface area contributed by atoms with Gasteiger partial charge in [0.1, 0.15) is 46.7 Å². The number of benzene rings is 1. The number of sulfone groups is 1. The molecule has 0 radical (unpaired) electrons. The van der Waals surface area contributed by atoms with Crippen molar-refractivity contribution in [2.24, 2.45) is 5.92 Å². The molecule has 14 nitrogen and oxygen atoms in total. The van der Waals surface area contributed by atoms with E-state index in [1.54, 1.807) is 34.6 Å². The van der Waals surface area contributed by atoms with Gasteiger partial charge in [0.15, 0.2) is 9.84 Å². The number of nitrogens with zero attached hydrogens (tertiary/aromatic N) is 2. The number of anilines is 2. The first-order chi connectivity index (χ1) is 24.4. The Bertz CT molecular complexity index is 1890. The number of nitrogens with one attached hydrogen (secondary N) is 4. The molecule has 4 bridgehead atoms. The number of pyridine rings is 2. The third-order valence-electron chi connectivity index (χ3n) is 7.48. The Morgan fingerprint density at radius 1 is 0.962 bits per heavy atom. The summed E-state index contributed by atoms with van der Waals surface area (Å²) in [6.07, 6.45) is 0.566. The van der Waals surface area contributed by atoms with Gasteiger partial charge in [0.05, 0.1) is 30.9 Å². The van der Waals surface area contributed by atoms with Gasteiger partial charge in [0.2, 0.25) is 17.7 Å². The van der Waals surface area contributed by atoms with Crippen LogP contribution in [0.25, 0.3) is 11.1 Å². The van der Waals surface area contributed by atoms with Crippen molar-refractivity contribution < 1.29 is 45.8 Å². The van der Waals surface area contributed by atoms with Crippen LogP contribution < -0.4 is 30.7 Å². The van der Waals surface area contributed by atoms with Gasteiger partial charge in [-0.1, -0.05) is 13.8 Å². The van der Waals surface area contributed by atoms with Crippen molar-refractivity contribution in [3.8, 4) is 22.8 Å². The van der Waals surface area contributed by atoms with Gasteiger partial charge >= 0.3 is 6.09 Å². The molecular formula is C35H44F2N6O8S. The highest BCUT2D eigenvalue weighted by atomic mass is 32.2. The van der Waals surface area contributed by atoms with Crippen LogP contribution in [-0.4, -0.2) is 79.5 Å². The first-order valence-corrected chi connectivity index (χ1v) is 18.5. The molecule has 4 N–H and O–H groups in total. The Morgan fingerprint density at radius 2 is 1.69 bits per heavy atom. The number of amides is 3. The zero-order valence-electron chi connectivity index (χ0n) is 29.8. The largest absolute Gasteiger partial charge is 0.493 e. The number of aromatic nitrogens is 2. The van der Waals surface area contributed by atoms with E-state index >= 15 is 0 Å². The van der Waals surface area contributed by atoms with Crippen molar-refractivity contribution in [2.45, 2.75) is 71.4 Å². The summed E-state index contributed by atoms with van der Waals surface area (Å²) in [5.74, 6) is -2.99. The molecule has 1 aliphatic rings. The molecule has 0 aliphatic carbocycles. The summed E-state index contributed by atoms with van der Waals surface area (Å²) in [6.45, 7) is 9.96. The van der Waals surface area contributed by atoms with Crippen molar-refractivity contribution in [1.29, 1.82) is 0 Å². The van der Waals surface area contributed by atoms with Crippen molar-refractivity contribution in [1.82, 2.24) is 25.9 Å². The zero-order chi connectivity index (χ0) is 38.2. The molecule has 52 heavy (non-hydrogen) atoms. The minimum Gasteiger partial charge on any atom is -0.493 e. The second-order valence-corrected chi connectivity index (χ2v) is 15.7. The number of carbonyl (C=O) groups excluding carboxylic acids is 3. The molecule has 3 aromatic rings. The Hall–Kier alpha value is -5.06. The fourth-order valence-electron chi connectivity index (χ4n) is 5.03. The van der Waals surface area contributed by atoms with Gasteiger partial charge < -0.3 is 35.5 Å². The number of carbonyl (C=O) groups is 3. The van der Waals surface area contributed by atoms with Gasteiger partial charge in [-0.05, 0) is 63.4 Å². The molecule has 0 spiro atoms. The van der Waals surface area contributed by atoms with Crippen LogP contribution in [0.5, 0.6) is 11.6 Å². The number of halogens is 2. The molecule has 0 saturated carbocycles. The summed E-state index contributed by atoms with van der Waals surface area (Å²) >= 11 is 0. The van der Waals surface area contributed by atoms with E-state index in [4.69, 9.17) is 14.2 Å². The highest BCUT2D eigenvalue weighted by Gasteiger charge is 2.29. The molecule has 17 heteroatoms. The maximum absolute atomic E-state index is 14.9. The van der Waals surface area contributed by atoms with Gasteiger partial charge in [-0.3, -0.25) is 9.59 Å². The number of fused-ring (bicyclic) bond motifs is 6. The topological polar surface area (TPSA) is 187 Å². The van der Waals surface area contributed by atoms with Crippen LogP contribution in [0.3, 0.4) is 0 Å². The average molecular weight is 747 g/mol. The minimum absolute atomic E-state index is 0.105. The third kappa shape index (κ3) is 11.7. The summed E-state index contributed by atoms with van der Waals surface area (Å²) in [4.78, 5) is 46.3. The van der Waals surface area contributed by atoms with Crippen molar-refractivity contribution in [3.63, 3.8) is 0 Å². The van der Waals surface area contributed by atoms with E-state index in [1.165, 1.54) is 43.3 Å². The highest BCUT2D eigenvalue weighted by molar-refractivity contribution is 7.90. The van der Waals surface area contributed by atoms with E-state index in [0.29, 0.717) is 17.5 Å². The lowest BCUT2D eigenvalue weighted by molar-refractivity contribution is -0.130. The summed E-state index contributed by atoms with van der Waals surface area (Å²) in [6, 6.07) is 6.12. The van der Waals surface area contributed by atoms with Gasteiger partial charge in [0.25, 0.3) is 0 Å². The molecule has 0 fully saturated rings. The standard InChI is InChI=1S/C35H44F2N6O8S/c1-20(2)31(43-34(46)51-35(4,5)6)33(45)40-21(3)32(44)38-10-13-52(47,48)19-22-14-29-41-28-17-25(26(37)18-39-28)24-9-8-23(36)16-27(24)49-11-7-12-50-30(15-22)42-29/h8-9,14-18,20-21,31H,7,10-13,19H2,1-6H3,(H,38,44)(H,40,45)(H,43,46)(H,39,41,42)/t21-,31-/m0/s1. The van der Waals surface area contributed by atoms with Crippen LogP contribution in [0.2, 0.25) is 0 Å². The van der Waals surface area contributed by atoms with E-state index in [0.717, 1.165) is 6.20 Å². The lowest BCUT2D eigenvalue weighted by atomic mass is 10.0. The monoisotopic (exact) mass is 746 g/mol. The van der Waals surface area contributed by atoms with Gasteiger partial charge in [-0.15, -0.1) is 0 Å². The average Bonchev–Trinajstić information content (AvgIpc) is 3.02. The smallest absolute Gasteiger partial charge is 0.408 e. The molecule has 2 atom stereocenters. The van der Waals surface area contributed by atoms with Gasteiger partial charge in [-0.2, -0.15) is 4.98 Å². The Morgan fingerprint density at radius 3 is 2.40 bits per heavy atom. The van der Waals surface area contributed by atoms with E-state index in [9.17, 15) is 31.6 Å². The first kappa shape index (κ1) is 39.7. The molecular weight excluding hydrogens is 702 g/mol. The summed E-state index contributed by atoms with van der Waals surface area (Å²) in [5, 5.41) is 10.5. The Labute approximate surface area is 301 Å². The summed E-state index contributed by atoms with van der Waals surface area (Å²) in [7, 11) is -3.80. The molecule has 1 aliphatic heterocycles. The molecule has 4 rings (SSSR count). The molecule has 282 valence electrons. The van der Waals surface area contributed by atoms with Gasteiger partial charge in [-0.25, -0.2) is 27.0 Å². The van der Waals surface area contributed by atoms with Crippen LogP contribution in [0.1, 0.15) is 53.5 Å². The van der Waals surface area contributed by atoms with Gasteiger partial charge in [0, 0.05) is 36.2 Å². The fourth-order valence-corrected chi connectivity index (χ4v) is 6.26. The molecule has 1 aromatic carbocycles. The van der Waals surface area contributed by atoms with Crippen LogP contribution in [0.15, 0.2) is 42.6 Å². The summed E-state index contributed by atoms with van der Waals surface area (Å²) in [5.41, 5.74) is -0.0289. The van der Waals surface area contributed by atoms with Crippen LogP contribution in [-0.2, 0) is 29.9 Å². The second kappa shape index (κ2) is 17.0. The maximum Gasteiger partial charge on any atom is 0.408 e. The predicted octanol–water partition coefficient (Wildman–Crippen LogP) is 4.41. The first-order valence-electron chi connectivity index (χ1n) is 16.7. The van der Waals surface area contributed by atoms with Crippen LogP contribution in [0, 0.1) is 17.6 Å². The van der Waals surface area contributed by atoms with E-state index in [-0.39, 0.29) is 54.5 Å². The number of rotatable bonds is 10. The van der Waals surface area contributed by atoms with Crippen molar-refractivity contribution >= 4 is 39.4 Å². The summed E-state index contributed by atoms with van der Waals surface area (Å²) < 4.78 is 72.0. The number of alkyl carbamates (subject to hydrolysis) is 1. The number of hydrogen-bond donors (Lipinski definition) is 4. The normalized spacial score (nSPS) is 14.2. The van der Waals surface area contributed by atoms with Crippen molar-refractivity contribution in [3.05, 3.63) is 59.8 Å². The maximum atomic E-state index is 14.9. The Balaban J connectivity index is 1.40. The van der Waals surface area contributed by atoms with Crippen LogP contribution in [0.4, 0.5) is 25.2 Å². The lowest BCUT2D eigenvalue weighted by Crippen LogP contribution is -2.55. The SMILES string of the molecule is CC(C)[C@H](NC(=O)OC(C)(C)C)C(=O)N[C@@H](C)C(=O)NCCS(=O)(=O)Cc1cc2nc(c1)OCCCOc1cc(F)ccc1-c1cc(ncc1F)N2. The van der Waals surface area contributed by atoms with E-state index in [2.05, 4.69) is 31.2 Å².